The molecule has 8 nitrogen and oxygen atoms in total. The normalized spacial score (nSPS) is 11.6. The summed E-state index contributed by atoms with van der Waals surface area (Å²) in [5.41, 5.74) is 0.570. The molecule has 0 saturated carbocycles. The van der Waals surface area contributed by atoms with Crippen LogP contribution >= 0.6 is 0 Å². The lowest BCUT2D eigenvalue weighted by Gasteiger charge is -2.19. The molecule has 0 spiro atoms. The van der Waals surface area contributed by atoms with Gasteiger partial charge in [0.1, 0.15) is 12.4 Å². The molecule has 9 heteroatoms. The second-order valence-electron chi connectivity index (χ2n) is 6.47. The number of nitro groups is 1. The molecule has 2 aromatic rings. The van der Waals surface area contributed by atoms with E-state index in [9.17, 15) is 18.5 Å². The Kier molecular flexibility index (Phi) is 8.12. The second-order valence-corrected chi connectivity index (χ2v) is 8.20. The second kappa shape index (κ2) is 10.3. The van der Waals surface area contributed by atoms with Crippen molar-refractivity contribution in [2.45, 2.75) is 32.2 Å². The third kappa shape index (κ3) is 5.99. The van der Waals surface area contributed by atoms with E-state index in [1.807, 2.05) is 6.07 Å². The first-order valence-corrected chi connectivity index (χ1v) is 10.9. The van der Waals surface area contributed by atoms with Crippen LogP contribution in [0.5, 0.6) is 5.75 Å². The van der Waals surface area contributed by atoms with Crippen LogP contribution in [0.1, 0.15) is 25.0 Å². The summed E-state index contributed by atoms with van der Waals surface area (Å²) < 4.78 is 33.8. The highest BCUT2D eigenvalue weighted by atomic mass is 32.2. The highest BCUT2D eigenvalue weighted by molar-refractivity contribution is 7.89. The minimum absolute atomic E-state index is 0.0198. The van der Waals surface area contributed by atoms with Crippen LogP contribution in [0.25, 0.3) is 0 Å². The number of benzene rings is 2. The molecular weight excluding hydrogens is 394 g/mol. The molecule has 0 aliphatic rings. The molecule has 0 unspecified atom stereocenters. The van der Waals surface area contributed by atoms with E-state index in [4.69, 9.17) is 4.74 Å². The number of hydrogen-bond donors (Lipinski definition) is 1. The number of para-hydroxylation sites is 1. The number of nitrogens with one attached hydrogen (secondary N) is 1. The van der Waals surface area contributed by atoms with Crippen LogP contribution in [0, 0.1) is 17.0 Å². The molecule has 0 bridgehead atoms. The monoisotopic (exact) mass is 421 g/mol. The largest absolute Gasteiger partial charge is 0.492 e. The van der Waals surface area contributed by atoms with Crippen LogP contribution < -0.4 is 9.46 Å². The Balaban J connectivity index is 2.12. The highest BCUT2D eigenvalue weighted by Gasteiger charge is 2.23. The number of nitrogens with zero attached hydrogens (tertiary/aromatic N) is 2. The molecule has 0 saturated heterocycles. The number of likely N-dealkylation sites (N-methyl/N-ethyl adjacent to an activating group) is 1. The molecule has 0 aliphatic heterocycles. The molecule has 158 valence electrons. The van der Waals surface area contributed by atoms with Crippen molar-refractivity contribution in [1.82, 2.24) is 9.62 Å². The van der Waals surface area contributed by atoms with Crippen molar-refractivity contribution in [3.8, 4) is 5.75 Å². The summed E-state index contributed by atoms with van der Waals surface area (Å²) in [5.74, 6) is 0.609. The number of ether oxygens (including phenoxy) is 1. The van der Waals surface area contributed by atoms with Gasteiger partial charge in [0, 0.05) is 30.3 Å². The maximum atomic E-state index is 12.7. The van der Waals surface area contributed by atoms with Crippen molar-refractivity contribution < 1.29 is 18.1 Å². The molecular formula is C20H27N3O5S. The zero-order chi connectivity index (χ0) is 21.4. The van der Waals surface area contributed by atoms with E-state index in [-0.39, 0.29) is 22.7 Å². The van der Waals surface area contributed by atoms with Gasteiger partial charge in [0.15, 0.2) is 0 Å². The van der Waals surface area contributed by atoms with Crippen LogP contribution in [-0.4, -0.2) is 44.5 Å². The summed E-state index contributed by atoms with van der Waals surface area (Å²) in [5, 5.41) is 11.1. The SMILES string of the molecule is CCN(CC)CCOc1ccccc1CNS(=O)(=O)c1cccc([N+](=O)[O-])c1C. The van der Waals surface area contributed by atoms with Crippen LogP contribution in [0.15, 0.2) is 47.4 Å². The van der Waals surface area contributed by atoms with Gasteiger partial charge in [0.25, 0.3) is 5.69 Å². The molecule has 1 N–H and O–H groups in total. The Labute approximate surface area is 171 Å². The number of rotatable bonds is 11. The van der Waals surface area contributed by atoms with Crippen molar-refractivity contribution in [3.63, 3.8) is 0 Å². The Bertz CT molecular complexity index is 943. The van der Waals surface area contributed by atoms with Crippen LogP contribution in [0.4, 0.5) is 5.69 Å². The van der Waals surface area contributed by atoms with Gasteiger partial charge in [-0.3, -0.25) is 10.1 Å². The molecule has 29 heavy (non-hydrogen) atoms. The van der Waals surface area contributed by atoms with Gasteiger partial charge in [-0.1, -0.05) is 38.1 Å². The van der Waals surface area contributed by atoms with Crippen molar-refractivity contribution in [2.24, 2.45) is 0 Å². The molecule has 2 aromatic carbocycles. The minimum atomic E-state index is -3.92. The smallest absolute Gasteiger partial charge is 0.273 e. The Morgan fingerprint density at radius 1 is 1.10 bits per heavy atom. The van der Waals surface area contributed by atoms with E-state index in [1.54, 1.807) is 18.2 Å². The van der Waals surface area contributed by atoms with E-state index in [2.05, 4.69) is 23.5 Å². The molecule has 0 radical (unpaired) electrons. The fraction of sp³-hybridized carbons (Fsp3) is 0.400. The molecule has 0 amide bonds. The zero-order valence-electron chi connectivity index (χ0n) is 16.9. The first-order valence-electron chi connectivity index (χ1n) is 9.46. The fourth-order valence-corrected chi connectivity index (χ4v) is 4.22. The highest BCUT2D eigenvalue weighted by Crippen LogP contribution is 2.25. The first-order chi connectivity index (χ1) is 13.8. The Morgan fingerprint density at radius 3 is 2.45 bits per heavy atom. The molecule has 0 fully saturated rings. The predicted octanol–water partition coefficient (Wildman–Crippen LogP) is 3.10. The van der Waals surface area contributed by atoms with Gasteiger partial charge in [-0.05, 0) is 32.1 Å². The molecule has 0 aromatic heterocycles. The molecule has 0 atom stereocenters. The average molecular weight is 422 g/mol. The third-order valence-corrected chi connectivity index (χ3v) is 6.27. The summed E-state index contributed by atoms with van der Waals surface area (Å²) >= 11 is 0. The van der Waals surface area contributed by atoms with Crippen molar-refractivity contribution >= 4 is 15.7 Å². The van der Waals surface area contributed by atoms with E-state index >= 15 is 0 Å². The van der Waals surface area contributed by atoms with Crippen LogP contribution in [0.3, 0.4) is 0 Å². The topological polar surface area (TPSA) is 102 Å². The molecule has 0 heterocycles. The number of sulfonamides is 1. The maximum absolute atomic E-state index is 12.7. The number of hydrogen-bond acceptors (Lipinski definition) is 6. The van der Waals surface area contributed by atoms with Crippen LogP contribution in [0.2, 0.25) is 0 Å². The van der Waals surface area contributed by atoms with Gasteiger partial charge < -0.3 is 9.64 Å². The van der Waals surface area contributed by atoms with E-state index in [1.165, 1.54) is 25.1 Å². The standard InChI is InChI=1S/C20H27N3O5S/c1-4-22(5-2)13-14-28-19-11-7-6-9-17(19)15-21-29(26,27)20-12-8-10-18(16(20)3)23(24)25/h6-12,21H,4-5,13-15H2,1-3H3. The quantitative estimate of drug-likeness (QED) is 0.442. The van der Waals surface area contributed by atoms with Crippen molar-refractivity contribution in [2.75, 3.05) is 26.2 Å². The summed E-state index contributed by atoms with van der Waals surface area (Å²) in [7, 11) is -3.92. The minimum Gasteiger partial charge on any atom is -0.492 e. The summed E-state index contributed by atoms with van der Waals surface area (Å²) in [6.07, 6.45) is 0. The summed E-state index contributed by atoms with van der Waals surface area (Å²) in [6.45, 7) is 8.76. The Morgan fingerprint density at radius 2 is 1.79 bits per heavy atom. The van der Waals surface area contributed by atoms with Gasteiger partial charge in [-0.25, -0.2) is 13.1 Å². The van der Waals surface area contributed by atoms with Gasteiger partial charge >= 0.3 is 0 Å². The molecule has 2 rings (SSSR count). The van der Waals surface area contributed by atoms with Crippen molar-refractivity contribution in [1.29, 1.82) is 0 Å². The average Bonchev–Trinajstić information content (AvgIpc) is 2.70. The first kappa shape index (κ1) is 22.8. The van der Waals surface area contributed by atoms with Crippen LogP contribution in [-0.2, 0) is 16.6 Å². The van der Waals surface area contributed by atoms with E-state index < -0.39 is 14.9 Å². The van der Waals surface area contributed by atoms with Gasteiger partial charge in [0.2, 0.25) is 10.0 Å². The molecule has 0 aliphatic carbocycles. The summed E-state index contributed by atoms with van der Waals surface area (Å²) in [4.78, 5) is 12.6. The summed E-state index contributed by atoms with van der Waals surface area (Å²) in [6, 6.07) is 11.2. The van der Waals surface area contributed by atoms with Gasteiger partial charge in [-0.2, -0.15) is 0 Å². The predicted molar refractivity (Wildman–Crippen MR) is 112 cm³/mol. The lowest BCUT2D eigenvalue weighted by molar-refractivity contribution is -0.385. The third-order valence-electron chi connectivity index (χ3n) is 4.73. The maximum Gasteiger partial charge on any atom is 0.273 e. The van der Waals surface area contributed by atoms with Crippen molar-refractivity contribution in [3.05, 3.63) is 63.7 Å². The van der Waals surface area contributed by atoms with Gasteiger partial charge in [0.05, 0.1) is 9.82 Å². The van der Waals surface area contributed by atoms with E-state index in [0.717, 1.165) is 19.6 Å². The lowest BCUT2D eigenvalue weighted by atomic mass is 10.2. The zero-order valence-corrected chi connectivity index (χ0v) is 17.7. The number of nitro benzene ring substituents is 1. The Hall–Kier alpha value is -2.49. The van der Waals surface area contributed by atoms with E-state index in [0.29, 0.717) is 17.9 Å². The van der Waals surface area contributed by atoms with Gasteiger partial charge in [-0.15, -0.1) is 0 Å². The fourth-order valence-electron chi connectivity index (χ4n) is 2.96. The lowest BCUT2D eigenvalue weighted by Crippen LogP contribution is -2.28.